The van der Waals surface area contributed by atoms with Crippen molar-refractivity contribution >= 4 is 11.7 Å². The molecule has 0 fully saturated rings. The third-order valence-electron chi connectivity index (χ3n) is 3.37. The number of hydrogen-bond donors (Lipinski definition) is 2. The monoisotopic (exact) mass is 291 g/mol. The summed E-state index contributed by atoms with van der Waals surface area (Å²) in [4.78, 5) is 16.5. The molecule has 1 aromatic heterocycles. The topological polar surface area (TPSA) is 68.0 Å². The van der Waals surface area contributed by atoms with Crippen LogP contribution < -0.4 is 11.1 Å². The number of carbonyl (C=O) groups excluding carboxylic acids is 1. The van der Waals surface area contributed by atoms with Gasteiger partial charge in [0.2, 0.25) is 0 Å². The maximum Gasteiger partial charge on any atom is 0.251 e. The smallest absolute Gasteiger partial charge is 0.251 e. The summed E-state index contributed by atoms with van der Waals surface area (Å²) in [6.07, 6.45) is 3.35. The molecule has 0 aliphatic heterocycles. The SMILES string of the molecule is CC(C)CCCCNC(=O)c1cc(N)nc(C(C)(C)C)c1. The summed E-state index contributed by atoms with van der Waals surface area (Å²) in [5.74, 6) is 1.04. The van der Waals surface area contributed by atoms with Crippen molar-refractivity contribution < 1.29 is 4.79 Å². The summed E-state index contributed by atoms with van der Waals surface area (Å²) in [6, 6.07) is 3.47. The summed E-state index contributed by atoms with van der Waals surface area (Å²) in [5, 5.41) is 2.96. The Morgan fingerprint density at radius 2 is 1.95 bits per heavy atom. The Hall–Kier alpha value is -1.58. The molecule has 3 N–H and O–H groups in total. The van der Waals surface area contributed by atoms with E-state index in [1.54, 1.807) is 6.07 Å². The van der Waals surface area contributed by atoms with Crippen molar-refractivity contribution in [2.45, 2.75) is 59.3 Å². The zero-order valence-corrected chi connectivity index (χ0v) is 14.0. The molecule has 1 heterocycles. The average Bonchev–Trinajstić information content (AvgIpc) is 2.36. The number of nitrogen functional groups attached to an aromatic ring is 1. The number of rotatable bonds is 6. The van der Waals surface area contributed by atoms with Crippen molar-refractivity contribution in [2.75, 3.05) is 12.3 Å². The third-order valence-corrected chi connectivity index (χ3v) is 3.37. The highest BCUT2D eigenvalue weighted by Gasteiger charge is 2.18. The molecule has 0 spiro atoms. The summed E-state index contributed by atoms with van der Waals surface area (Å²) in [7, 11) is 0. The van der Waals surface area contributed by atoms with Crippen molar-refractivity contribution in [3.63, 3.8) is 0 Å². The second kappa shape index (κ2) is 7.43. The lowest BCUT2D eigenvalue weighted by atomic mass is 9.90. The predicted molar refractivity (Wildman–Crippen MR) is 88.4 cm³/mol. The fraction of sp³-hybridized carbons (Fsp3) is 0.647. The molecule has 118 valence electrons. The maximum atomic E-state index is 12.2. The first kappa shape index (κ1) is 17.5. The normalized spacial score (nSPS) is 11.7. The van der Waals surface area contributed by atoms with Crippen LogP contribution in [0.4, 0.5) is 5.82 Å². The molecule has 4 nitrogen and oxygen atoms in total. The Morgan fingerprint density at radius 3 is 2.52 bits per heavy atom. The Bertz CT molecular complexity index is 475. The molecule has 0 unspecified atom stereocenters. The summed E-state index contributed by atoms with van der Waals surface area (Å²) >= 11 is 0. The number of hydrogen-bond acceptors (Lipinski definition) is 3. The Morgan fingerprint density at radius 1 is 1.29 bits per heavy atom. The molecule has 21 heavy (non-hydrogen) atoms. The van der Waals surface area contributed by atoms with E-state index in [-0.39, 0.29) is 11.3 Å². The van der Waals surface area contributed by atoms with Crippen LogP contribution in [0.2, 0.25) is 0 Å². The van der Waals surface area contributed by atoms with Crippen LogP contribution in [0.25, 0.3) is 0 Å². The van der Waals surface area contributed by atoms with Gasteiger partial charge < -0.3 is 11.1 Å². The fourth-order valence-electron chi connectivity index (χ4n) is 2.05. The van der Waals surface area contributed by atoms with Crippen LogP contribution in [0.1, 0.15) is 69.9 Å². The highest BCUT2D eigenvalue weighted by Crippen LogP contribution is 2.22. The molecule has 0 bridgehead atoms. The molecule has 4 heteroatoms. The van der Waals surface area contributed by atoms with Crippen molar-refractivity contribution in [3.8, 4) is 0 Å². The zero-order chi connectivity index (χ0) is 16.0. The third kappa shape index (κ3) is 6.15. The van der Waals surface area contributed by atoms with Crippen LogP contribution in [0, 0.1) is 5.92 Å². The van der Waals surface area contributed by atoms with Gasteiger partial charge in [0.25, 0.3) is 5.91 Å². The molecule has 1 rings (SSSR count). The minimum absolute atomic E-state index is 0.0702. The lowest BCUT2D eigenvalue weighted by Gasteiger charge is -2.19. The summed E-state index contributed by atoms with van der Waals surface area (Å²) < 4.78 is 0. The number of anilines is 1. The molecule has 0 atom stereocenters. The first-order chi connectivity index (χ1) is 9.70. The lowest BCUT2D eigenvalue weighted by molar-refractivity contribution is 0.0952. The first-order valence-corrected chi connectivity index (χ1v) is 7.76. The Kier molecular flexibility index (Phi) is 6.19. The van der Waals surface area contributed by atoms with Gasteiger partial charge in [-0.05, 0) is 24.5 Å². The highest BCUT2D eigenvalue weighted by atomic mass is 16.1. The van der Waals surface area contributed by atoms with E-state index in [1.807, 2.05) is 6.07 Å². The van der Waals surface area contributed by atoms with Crippen LogP contribution in [-0.4, -0.2) is 17.4 Å². The average molecular weight is 291 g/mol. The fourth-order valence-corrected chi connectivity index (χ4v) is 2.05. The highest BCUT2D eigenvalue weighted by molar-refractivity contribution is 5.94. The first-order valence-electron chi connectivity index (χ1n) is 7.76. The van der Waals surface area contributed by atoms with Crippen LogP contribution >= 0.6 is 0 Å². The second-order valence-electron chi connectivity index (χ2n) is 7.06. The van der Waals surface area contributed by atoms with E-state index in [9.17, 15) is 4.79 Å². The minimum Gasteiger partial charge on any atom is -0.384 e. The zero-order valence-electron chi connectivity index (χ0n) is 14.0. The van der Waals surface area contributed by atoms with Gasteiger partial charge in [-0.3, -0.25) is 4.79 Å². The van der Waals surface area contributed by atoms with E-state index in [2.05, 4.69) is 44.9 Å². The summed E-state index contributed by atoms with van der Waals surface area (Å²) in [6.45, 7) is 11.3. The van der Waals surface area contributed by atoms with E-state index in [0.717, 1.165) is 24.5 Å². The van der Waals surface area contributed by atoms with E-state index in [0.29, 0.717) is 17.9 Å². The molecule has 0 aliphatic carbocycles. The number of nitrogens with one attached hydrogen (secondary N) is 1. The predicted octanol–water partition coefficient (Wildman–Crippen LogP) is 3.52. The van der Waals surface area contributed by atoms with Gasteiger partial charge in [0.1, 0.15) is 5.82 Å². The molecule has 1 amide bonds. The number of aromatic nitrogens is 1. The molecule has 0 saturated heterocycles. The van der Waals surface area contributed by atoms with Gasteiger partial charge in [0, 0.05) is 23.2 Å². The van der Waals surface area contributed by atoms with Gasteiger partial charge in [-0.15, -0.1) is 0 Å². The number of unbranched alkanes of at least 4 members (excludes halogenated alkanes) is 1. The van der Waals surface area contributed by atoms with Gasteiger partial charge in [0.05, 0.1) is 0 Å². The number of pyridine rings is 1. The molecule has 0 aromatic carbocycles. The largest absolute Gasteiger partial charge is 0.384 e. The number of carbonyl (C=O) groups is 1. The van der Waals surface area contributed by atoms with Gasteiger partial charge in [-0.2, -0.15) is 0 Å². The van der Waals surface area contributed by atoms with Crippen LogP contribution in [0.15, 0.2) is 12.1 Å². The number of amides is 1. The van der Waals surface area contributed by atoms with Gasteiger partial charge >= 0.3 is 0 Å². The van der Waals surface area contributed by atoms with Crippen LogP contribution in [0.5, 0.6) is 0 Å². The van der Waals surface area contributed by atoms with E-state index in [1.165, 1.54) is 6.42 Å². The molecule has 0 saturated carbocycles. The van der Waals surface area contributed by atoms with Gasteiger partial charge in [-0.1, -0.05) is 47.5 Å². The van der Waals surface area contributed by atoms with Crippen LogP contribution in [0.3, 0.4) is 0 Å². The lowest BCUT2D eigenvalue weighted by Crippen LogP contribution is -2.26. The van der Waals surface area contributed by atoms with E-state index >= 15 is 0 Å². The van der Waals surface area contributed by atoms with Crippen molar-refractivity contribution in [3.05, 3.63) is 23.4 Å². The molecule has 0 radical (unpaired) electrons. The quantitative estimate of drug-likeness (QED) is 0.788. The van der Waals surface area contributed by atoms with E-state index < -0.39 is 0 Å². The standard InChI is InChI=1S/C17H29N3O/c1-12(2)8-6-7-9-19-16(21)13-10-14(17(3,4)5)20-15(18)11-13/h10-12H,6-9H2,1-5H3,(H2,18,20)(H,19,21). The Balaban J connectivity index is 2.60. The molecule has 1 aromatic rings. The van der Waals surface area contributed by atoms with Gasteiger partial charge in [0.15, 0.2) is 0 Å². The van der Waals surface area contributed by atoms with Crippen molar-refractivity contribution in [2.24, 2.45) is 5.92 Å². The number of nitrogens with two attached hydrogens (primary N) is 1. The minimum atomic E-state index is -0.123. The summed E-state index contributed by atoms with van der Waals surface area (Å²) in [5.41, 5.74) is 7.12. The van der Waals surface area contributed by atoms with Crippen LogP contribution in [-0.2, 0) is 5.41 Å². The van der Waals surface area contributed by atoms with Crippen molar-refractivity contribution in [1.82, 2.24) is 10.3 Å². The molecular weight excluding hydrogens is 262 g/mol. The van der Waals surface area contributed by atoms with E-state index in [4.69, 9.17) is 5.73 Å². The Labute approximate surface area is 128 Å². The second-order valence-corrected chi connectivity index (χ2v) is 7.06. The maximum absolute atomic E-state index is 12.2. The molecular formula is C17H29N3O. The van der Waals surface area contributed by atoms with Gasteiger partial charge in [-0.25, -0.2) is 4.98 Å². The molecule has 0 aliphatic rings. The van der Waals surface area contributed by atoms with Crippen molar-refractivity contribution in [1.29, 1.82) is 0 Å². The number of nitrogens with zero attached hydrogens (tertiary/aromatic N) is 1.